The summed E-state index contributed by atoms with van der Waals surface area (Å²) in [6.45, 7) is 4.60. The molecule has 1 saturated heterocycles. The summed E-state index contributed by atoms with van der Waals surface area (Å²) in [7, 11) is 0. The molecule has 0 radical (unpaired) electrons. The number of carbonyl (C=O) groups is 2. The molecule has 0 aliphatic carbocycles. The maximum atomic E-state index is 13.6. The second kappa shape index (κ2) is 7.77. The van der Waals surface area contributed by atoms with Gasteiger partial charge in [0.15, 0.2) is 0 Å². The number of fused-ring (bicyclic) bond motifs is 1. The van der Waals surface area contributed by atoms with E-state index < -0.39 is 5.82 Å². The maximum absolute atomic E-state index is 13.6. The molecule has 0 spiro atoms. The lowest BCUT2D eigenvalue weighted by atomic mass is 10.0. The fraction of sp³-hybridized carbons (Fsp3) is 0.300. The first-order valence-corrected chi connectivity index (χ1v) is 9.00. The maximum Gasteiger partial charge on any atom is 0.256 e. The SMILES string of the molecule is Cc1[nH]c(/C=C2\C(=O)Nc3ccc(F)cc32)c(C)c1NC(=O)[C@@H]1CCCN1.Cl. The van der Waals surface area contributed by atoms with E-state index in [-0.39, 0.29) is 30.3 Å². The molecule has 0 saturated carbocycles. The van der Waals surface area contributed by atoms with E-state index in [2.05, 4.69) is 20.9 Å². The van der Waals surface area contributed by atoms with Gasteiger partial charge in [0.05, 0.1) is 17.3 Å². The molecule has 1 fully saturated rings. The van der Waals surface area contributed by atoms with Crippen molar-refractivity contribution in [1.82, 2.24) is 10.3 Å². The first-order chi connectivity index (χ1) is 12.9. The molecule has 2 aliphatic rings. The van der Waals surface area contributed by atoms with Gasteiger partial charge in [0, 0.05) is 22.6 Å². The Bertz CT molecular complexity index is 977. The van der Waals surface area contributed by atoms with E-state index in [0.29, 0.717) is 22.5 Å². The number of carbonyl (C=O) groups excluding carboxylic acids is 2. The zero-order valence-corrected chi connectivity index (χ0v) is 16.4. The molecular weight excluding hydrogens is 383 g/mol. The van der Waals surface area contributed by atoms with Crippen molar-refractivity contribution in [3.05, 3.63) is 46.5 Å². The summed E-state index contributed by atoms with van der Waals surface area (Å²) >= 11 is 0. The molecule has 148 valence electrons. The highest BCUT2D eigenvalue weighted by molar-refractivity contribution is 6.34. The van der Waals surface area contributed by atoms with Gasteiger partial charge in [0.2, 0.25) is 5.91 Å². The van der Waals surface area contributed by atoms with Crippen LogP contribution in [0.15, 0.2) is 18.2 Å². The number of hydrogen-bond donors (Lipinski definition) is 4. The molecule has 4 N–H and O–H groups in total. The number of aryl methyl sites for hydroxylation is 1. The third-order valence-corrected chi connectivity index (χ3v) is 5.15. The van der Waals surface area contributed by atoms with Gasteiger partial charge >= 0.3 is 0 Å². The van der Waals surface area contributed by atoms with E-state index in [1.54, 1.807) is 12.1 Å². The van der Waals surface area contributed by atoms with Gasteiger partial charge in [-0.05, 0) is 63.1 Å². The summed E-state index contributed by atoms with van der Waals surface area (Å²) in [6, 6.07) is 4.04. The molecule has 2 aliphatic heterocycles. The molecule has 3 heterocycles. The molecule has 2 aromatic rings. The van der Waals surface area contributed by atoms with Crippen molar-refractivity contribution in [1.29, 1.82) is 0 Å². The average Bonchev–Trinajstić information content (AvgIpc) is 3.32. The summed E-state index contributed by atoms with van der Waals surface area (Å²) in [6.07, 6.45) is 3.52. The van der Waals surface area contributed by atoms with Gasteiger partial charge in [-0.15, -0.1) is 12.4 Å². The minimum Gasteiger partial charge on any atom is -0.357 e. The predicted molar refractivity (Wildman–Crippen MR) is 110 cm³/mol. The number of amides is 2. The number of aromatic amines is 1. The fourth-order valence-corrected chi connectivity index (χ4v) is 3.67. The van der Waals surface area contributed by atoms with Crippen molar-refractivity contribution < 1.29 is 14.0 Å². The van der Waals surface area contributed by atoms with Gasteiger partial charge in [0.1, 0.15) is 5.82 Å². The number of halogens is 2. The number of benzene rings is 1. The van der Waals surface area contributed by atoms with E-state index in [1.165, 1.54) is 12.1 Å². The lowest BCUT2D eigenvalue weighted by Crippen LogP contribution is -2.35. The molecule has 4 rings (SSSR count). The van der Waals surface area contributed by atoms with E-state index in [0.717, 1.165) is 36.3 Å². The Kier molecular flexibility index (Phi) is 5.58. The van der Waals surface area contributed by atoms with Crippen LogP contribution in [0, 0.1) is 19.7 Å². The Morgan fingerprint density at radius 1 is 1.32 bits per heavy atom. The molecule has 8 heteroatoms. The minimum atomic E-state index is -0.396. The Morgan fingerprint density at radius 2 is 2.11 bits per heavy atom. The van der Waals surface area contributed by atoms with Crippen molar-refractivity contribution in [3.8, 4) is 0 Å². The van der Waals surface area contributed by atoms with Gasteiger partial charge in [-0.1, -0.05) is 0 Å². The number of H-pyrrole nitrogens is 1. The van der Waals surface area contributed by atoms with Crippen LogP contribution >= 0.6 is 12.4 Å². The topological polar surface area (TPSA) is 86.0 Å². The van der Waals surface area contributed by atoms with Crippen LogP contribution in [-0.2, 0) is 9.59 Å². The van der Waals surface area contributed by atoms with Crippen LogP contribution in [0.3, 0.4) is 0 Å². The molecule has 1 aromatic carbocycles. The summed E-state index contributed by atoms with van der Waals surface area (Å²) in [5, 5.41) is 8.90. The van der Waals surface area contributed by atoms with Crippen LogP contribution in [0.5, 0.6) is 0 Å². The largest absolute Gasteiger partial charge is 0.357 e. The fourth-order valence-electron chi connectivity index (χ4n) is 3.67. The standard InChI is InChI=1S/C20H21FN4O2.ClH/c1-10-17(9-14-13-8-12(21)5-6-15(13)24-19(14)26)23-11(2)18(10)25-20(27)16-4-3-7-22-16;/h5-6,8-9,16,22-23H,3-4,7H2,1-2H3,(H,24,26)(H,25,27);1H/b14-9-;/t16-;/m0./s1. The Labute approximate surface area is 168 Å². The van der Waals surface area contributed by atoms with Crippen molar-refractivity contribution in [3.63, 3.8) is 0 Å². The van der Waals surface area contributed by atoms with Crippen LogP contribution in [0.1, 0.15) is 35.4 Å². The van der Waals surface area contributed by atoms with Gasteiger partial charge in [0.25, 0.3) is 5.91 Å². The van der Waals surface area contributed by atoms with Crippen molar-refractivity contribution in [2.45, 2.75) is 32.7 Å². The third-order valence-electron chi connectivity index (χ3n) is 5.15. The predicted octanol–water partition coefficient (Wildman–Crippen LogP) is 3.38. The molecule has 6 nitrogen and oxygen atoms in total. The second-order valence-corrected chi connectivity index (χ2v) is 7.00. The molecule has 2 amide bonds. The first kappa shape index (κ1) is 20.1. The van der Waals surface area contributed by atoms with Gasteiger partial charge in [-0.3, -0.25) is 9.59 Å². The van der Waals surface area contributed by atoms with Crippen molar-refractivity contribution in [2.24, 2.45) is 0 Å². The third kappa shape index (κ3) is 3.55. The smallest absolute Gasteiger partial charge is 0.256 e. The second-order valence-electron chi connectivity index (χ2n) is 7.00. The molecule has 1 aromatic heterocycles. The number of aromatic nitrogens is 1. The van der Waals surface area contributed by atoms with E-state index in [4.69, 9.17) is 0 Å². The number of hydrogen-bond acceptors (Lipinski definition) is 3. The van der Waals surface area contributed by atoms with E-state index in [1.807, 2.05) is 13.8 Å². The molecular formula is C20H22ClFN4O2. The van der Waals surface area contributed by atoms with Gasteiger partial charge in [-0.25, -0.2) is 4.39 Å². The molecule has 28 heavy (non-hydrogen) atoms. The van der Waals surface area contributed by atoms with Crippen molar-refractivity contribution >= 4 is 47.2 Å². The highest BCUT2D eigenvalue weighted by atomic mass is 35.5. The normalized spacial score (nSPS) is 19.3. The highest BCUT2D eigenvalue weighted by Gasteiger charge is 2.26. The van der Waals surface area contributed by atoms with Crippen molar-refractivity contribution in [2.75, 3.05) is 17.2 Å². The summed E-state index contributed by atoms with van der Waals surface area (Å²) in [4.78, 5) is 27.9. The Balaban J connectivity index is 0.00000225. The Morgan fingerprint density at radius 3 is 2.82 bits per heavy atom. The number of rotatable bonds is 3. The van der Waals surface area contributed by atoms with E-state index in [9.17, 15) is 14.0 Å². The van der Waals surface area contributed by atoms with Crippen LogP contribution in [0.25, 0.3) is 11.6 Å². The van der Waals surface area contributed by atoms with Crippen LogP contribution < -0.4 is 16.0 Å². The Hall–Kier alpha value is -2.64. The molecule has 0 bridgehead atoms. The molecule has 0 unspecified atom stereocenters. The summed E-state index contributed by atoms with van der Waals surface area (Å²) in [5.41, 5.74) is 4.60. The minimum absolute atomic E-state index is 0. The summed E-state index contributed by atoms with van der Waals surface area (Å²) in [5.74, 6) is -0.724. The van der Waals surface area contributed by atoms with Crippen LogP contribution in [0.2, 0.25) is 0 Å². The number of nitrogens with one attached hydrogen (secondary N) is 4. The lowest BCUT2D eigenvalue weighted by molar-refractivity contribution is -0.117. The molecule has 1 atom stereocenters. The zero-order chi connectivity index (χ0) is 19.1. The summed E-state index contributed by atoms with van der Waals surface area (Å²) < 4.78 is 13.6. The zero-order valence-electron chi connectivity index (χ0n) is 15.6. The lowest BCUT2D eigenvalue weighted by Gasteiger charge is -2.11. The highest BCUT2D eigenvalue weighted by Crippen LogP contribution is 2.35. The monoisotopic (exact) mass is 404 g/mol. The van der Waals surface area contributed by atoms with Crippen LogP contribution in [0.4, 0.5) is 15.8 Å². The van der Waals surface area contributed by atoms with E-state index >= 15 is 0 Å². The quantitative estimate of drug-likeness (QED) is 0.591. The first-order valence-electron chi connectivity index (χ1n) is 9.00. The van der Waals surface area contributed by atoms with Gasteiger partial charge in [-0.2, -0.15) is 0 Å². The van der Waals surface area contributed by atoms with Crippen LogP contribution in [-0.4, -0.2) is 29.4 Å². The average molecular weight is 405 g/mol. The van der Waals surface area contributed by atoms with Gasteiger partial charge < -0.3 is 20.9 Å². The number of anilines is 2.